The van der Waals surface area contributed by atoms with Crippen molar-refractivity contribution in [1.82, 2.24) is 0 Å². The summed E-state index contributed by atoms with van der Waals surface area (Å²) in [6.45, 7) is 4.46. The zero-order valence-electron chi connectivity index (χ0n) is 10.1. The van der Waals surface area contributed by atoms with E-state index in [2.05, 4.69) is 19.2 Å². The van der Waals surface area contributed by atoms with Crippen LogP contribution in [0.15, 0.2) is 30.3 Å². The fourth-order valence-corrected chi connectivity index (χ4v) is 1.14. The number of para-hydroxylation sites is 1. The summed E-state index contributed by atoms with van der Waals surface area (Å²) < 4.78 is 0. The molecule has 1 aromatic rings. The molecule has 0 aliphatic carbocycles. The van der Waals surface area contributed by atoms with Crippen LogP contribution in [0.25, 0.3) is 0 Å². The van der Waals surface area contributed by atoms with Crippen LogP contribution in [-0.2, 0) is 0 Å². The molecular weight excluding hydrogens is 202 g/mol. The molecule has 1 amide bonds. The molecule has 0 heterocycles. The Morgan fingerprint density at radius 1 is 1.12 bits per heavy atom. The molecule has 90 valence electrons. The lowest BCUT2D eigenvalue weighted by Crippen LogP contribution is -2.06. The van der Waals surface area contributed by atoms with Gasteiger partial charge in [0, 0.05) is 5.69 Å². The van der Waals surface area contributed by atoms with E-state index in [9.17, 15) is 4.79 Å². The number of carbonyl (C=O) groups is 1. The summed E-state index contributed by atoms with van der Waals surface area (Å²) in [5, 5.41) is 10.5. The van der Waals surface area contributed by atoms with Crippen molar-refractivity contribution in [3.8, 4) is 0 Å². The van der Waals surface area contributed by atoms with E-state index in [0.29, 0.717) is 5.69 Å². The number of benzene rings is 1. The Balaban J connectivity index is 0.000000325. The average Bonchev–Trinajstić information content (AvgIpc) is 2.28. The molecule has 3 nitrogen and oxygen atoms in total. The number of rotatable bonds is 4. The second-order valence-corrected chi connectivity index (χ2v) is 3.50. The van der Waals surface area contributed by atoms with E-state index in [1.165, 1.54) is 25.7 Å². The molecule has 0 aliphatic rings. The van der Waals surface area contributed by atoms with Crippen LogP contribution < -0.4 is 5.32 Å². The molecule has 0 spiro atoms. The highest BCUT2D eigenvalue weighted by Gasteiger charge is 1.93. The summed E-state index contributed by atoms with van der Waals surface area (Å²) in [4.78, 5) is 10.1. The third-order valence-corrected chi connectivity index (χ3v) is 1.98. The molecule has 0 bridgehead atoms. The molecule has 3 heteroatoms. The Bertz CT molecular complexity index is 269. The average molecular weight is 223 g/mol. The smallest absolute Gasteiger partial charge is 0.409 e. The minimum atomic E-state index is -1.04. The predicted molar refractivity (Wildman–Crippen MR) is 67.9 cm³/mol. The Hall–Kier alpha value is -1.51. The third-order valence-electron chi connectivity index (χ3n) is 1.98. The van der Waals surface area contributed by atoms with Crippen LogP contribution in [0.4, 0.5) is 10.5 Å². The maximum Gasteiger partial charge on any atom is 0.409 e. The Morgan fingerprint density at radius 3 is 2.00 bits per heavy atom. The number of hydrogen-bond donors (Lipinski definition) is 2. The van der Waals surface area contributed by atoms with Gasteiger partial charge in [0.1, 0.15) is 0 Å². The summed E-state index contributed by atoms with van der Waals surface area (Å²) in [5.41, 5.74) is 0.593. The summed E-state index contributed by atoms with van der Waals surface area (Å²) in [6, 6.07) is 8.74. The molecule has 0 atom stereocenters. The van der Waals surface area contributed by atoms with Crippen molar-refractivity contribution in [2.75, 3.05) is 5.32 Å². The molecule has 0 radical (unpaired) electrons. The van der Waals surface area contributed by atoms with Gasteiger partial charge in [-0.1, -0.05) is 57.7 Å². The normalized spacial score (nSPS) is 8.88. The van der Waals surface area contributed by atoms with Gasteiger partial charge < -0.3 is 5.11 Å². The lowest BCUT2D eigenvalue weighted by atomic mass is 10.2. The number of hydrogen-bond acceptors (Lipinski definition) is 1. The van der Waals surface area contributed by atoms with Crippen LogP contribution in [0.1, 0.15) is 39.5 Å². The second kappa shape index (κ2) is 10.0. The Labute approximate surface area is 97.5 Å². The van der Waals surface area contributed by atoms with Crippen LogP contribution in [0.2, 0.25) is 0 Å². The fourth-order valence-electron chi connectivity index (χ4n) is 1.14. The summed E-state index contributed by atoms with van der Waals surface area (Å²) in [6.07, 6.45) is 4.50. The lowest BCUT2D eigenvalue weighted by molar-refractivity contribution is 0.210. The minimum Gasteiger partial charge on any atom is -0.465 e. The summed E-state index contributed by atoms with van der Waals surface area (Å²) in [5.74, 6) is 0. The van der Waals surface area contributed by atoms with Gasteiger partial charge in [0.15, 0.2) is 0 Å². The van der Waals surface area contributed by atoms with Crippen molar-refractivity contribution >= 4 is 11.8 Å². The molecule has 16 heavy (non-hydrogen) atoms. The van der Waals surface area contributed by atoms with Gasteiger partial charge in [-0.15, -0.1) is 0 Å². The number of nitrogens with one attached hydrogen (secondary N) is 1. The van der Waals surface area contributed by atoms with Gasteiger partial charge >= 0.3 is 6.09 Å². The van der Waals surface area contributed by atoms with Crippen molar-refractivity contribution in [3.05, 3.63) is 30.3 Å². The van der Waals surface area contributed by atoms with Crippen molar-refractivity contribution < 1.29 is 9.90 Å². The van der Waals surface area contributed by atoms with E-state index >= 15 is 0 Å². The molecule has 0 unspecified atom stereocenters. The molecule has 0 saturated heterocycles. The molecule has 0 saturated carbocycles. The van der Waals surface area contributed by atoms with Gasteiger partial charge in [0.25, 0.3) is 0 Å². The lowest BCUT2D eigenvalue weighted by Gasteiger charge is -1.96. The van der Waals surface area contributed by atoms with Crippen LogP contribution in [-0.4, -0.2) is 11.2 Å². The predicted octanol–water partition coefficient (Wildman–Crippen LogP) is 4.36. The van der Waals surface area contributed by atoms with Gasteiger partial charge in [-0.2, -0.15) is 0 Å². The number of anilines is 1. The quantitative estimate of drug-likeness (QED) is 0.745. The monoisotopic (exact) mass is 223 g/mol. The van der Waals surface area contributed by atoms with Crippen LogP contribution >= 0.6 is 0 Å². The topological polar surface area (TPSA) is 49.3 Å². The number of carboxylic acid groups (broad SMARTS) is 1. The first-order valence-corrected chi connectivity index (χ1v) is 5.75. The van der Waals surface area contributed by atoms with Gasteiger partial charge in [-0.05, 0) is 12.1 Å². The maximum absolute atomic E-state index is 10.1. The van der Waals surface area contributed by atoms with Crippen molar-refractivity contribution in [2.24, 2.45) is 0 Å². The van der Waals surface area contributed by atoms with Gasteiger partial charge in [0.2, 0.25) is 0 Å². The molecule has 0 fully saturated rings. The first-order chi connectivity index (χ1) is 7.70. The summed E-state index contributed by atoms with van der Waals surface area (Å²) in [7, 11) is 0. The van der Waals surface area contributed by atoms with Crippen molar-refractivity contribution in [3.63, 3.8) is 0 Å². The standard InChI is InChI=1S/C7H7NO2.C6H14/c9-7(10)8-6-4-2-1-3-5-6;1-3-5-6-4-2/h1-5,8H,(H,9,10);3-6H2,1-2H3. The van der Waals surface area contributed by atoms with Crippen molar-refractivity contribution in [2.45, 2.75) is 39.5 Å². The molecule has 1 aromatic carbocycles. The zero-order chi connectivity index (χ0) is 12.2. The Morgan fingerprint density at radius 2 is 1.62 bits per heavy atom. The molecule has 1 rings (SSSR count). The van der Waals surface area contributed by atoms with Crippen LogP contribution in [0.5, 0.6) is 0 Å². The Kier molecular flexibility index (Phi) is 9.08. The van der Waals surface area contributed by atoms with E-state index < -0.39 is 6.09 Å². The number of amides is 1. The molecule has 0 aromatic heterocycles. The van der Waals surface area contributed by atoms with Gasteiger partial charge in [-0.3, -0.25) is 5.32 Å². The van der Waals surface area contributed by atoms with Crippen LogP contribution in [0.3, 0.4) is 0 Å². The second-order valence-electron chi connectivity index (χ2n) is 3.50. The minimum absolute atomic E-state index is 0.593. The fraction of sp³-hybridized carbons (Fsp3) is 0.462. The highest BCUT2D eigenvalue weighted by atomic mass is 16.4. The molecule has 0 aliphatic heterocycles. The maximum atomic E-state index is 10.1. The van der Waals surface area contributed by atoms with Crippen molar-refractivity contribution in [1.29, 1.82) is 0 Å². The summed E-state index contributed by atoms with van der Waals surface area (Å²) >= 11 is 0. The van der Waals surface area contributed by atoms with E-state index in [1.54, 1.807) is 24.3 Å². The van der Waals surface area contributed by atoms with E-state index in [4.69, 9.17) is 5.11 Å². The molecular formula is C13H21NO2. The van der Waals surface area contributed by atoms with Gasteiger partial charge in [-0.25, -0.2) is 4.79 Å². The molecule has 2 N–H and O–H groups in total. The van der Waals surface area contributed by atoms with Gasteiger partial charge in [0.05, 0.1) is 0 Å². The SMILES string of the molecule is CCCCCC.O=C(O)Nc1ccccc1. The highest BCUT2D eigenvalue weighted by molar-refractivity contribution is 5.82. The largest absolute Gasteiger partial charge is 0.465 e. The highest BCUT2D eigenvalue weighted by Crippen LogP contribution is 2.03. The van der Waals surface area contributed by atoms with E-state index in [-0.39, 0.29) is 0 Å². The van der Waals surface area contributed by atoms with E-state index in [0.717, 1.165) is 0 Å². The van der Waals surface area contributed by atoms with Crippen LogP contribution in [0, 0.1) is 0 Å². The van der Waals surface area contributed by atoms with E-state index in [1.807, 2.05) is 6.07 Å². The zero-order valence-corrected chi connectivity index (χ0v) is 10.1. The third kappa shape index (κ3) is 9.06. The number of unbranched alkanes of at least 4 members (excludes halogenated alkanes) is 3. The first-order valence-electron chi connectivity index (χ1n) is 5.75. The first kappa shape index (κ1) is 14.5.